The molecule has 0 radical (unpaired) electrons. The minimum absolute atomic E-state index is 0.0493. The lowest BCUT2D eigenvalue weighted by molar-refractivity contribution is -0.150. The number of hydrogen-bond acceptors (Lipinski definition) is 5. The van der Waals surface area contributed by atoms with E-state index in [2.05, 4.69) is 10.1 Å². The van der Waals surface area contributed by atoms with E-state index in [-0.39, 0.29) is 11.9 Å². The van der Waals surface area contributed by atoms with E-state index in [1.807, 2.05) is 26.0 Å². The van der Waals surface area contributed by atoms with Crippen LogP contribution in [0.1, 0.15) is 51.0 Å². The molecule has 0 saturated heterocycles. The molecule has 142 valence electrons. The Morgan fingerprint density at radius 3 is 2.27 bits per heavy atom. The van der Waals surface area contributed by atoms with Crippen molar-refractivity contribution in [3.63, 3.8) is 0 Å². The normalized spacial score (nSPS) is 20.7. The predicted octanol–water partition coefficient (Wildman–Crippen LogP) is 3.27. The number of rotatable bonds is 5. The average Bonchev–Trinajstić information content (AvgIpc) is 2.67. The van der Waals surface area contributed by atoms with E-state index in [4.69, 9.17) is 4.74 Å². The molecule has 0 bridgehead atoms. The molecule has 1 saturated carbocycles. The molecule has 26 heavy (non-hydrogen) atoms. The second-order valence-corrected chi connectivity index (χ2v) is 6.72. The largest absolute Gasteiger partial charge is 0.466 e. The summed E-state index contributed by atoms with van der Waals surface area (Å²) in [5.74, 6) is -1.01. The zero-order valence-electron chi connectivity index (χ0n) is 15.6. The number of esters is 2. The third kappa shape index (κ3) is 5.07. The second-order valence-electron chi connectivity index (χ2n) is 6.72. The average molecular weight is 361 g/mol. The van der Waals surface area contributed by atoms with Crippen molar-refractivity contribution in [1.29, 1.82) is 0 Å². The molecular formula is C20H27NO5. The Labute approximate surface area is 154 Å². The fraction of sp³-hybridized carbons (Fsp3) is 0.550. The molecule has 1 fully saturated rings. The van der Waals surface area contributed by atoms with Crippen LogP contribution in [0.15, 0.2) is 24.3 Å². The van der Waals surface area contributed by atoms with Gasteiger partial charge < -0.3 is 14.8 Å². The number of amides is 1. The zero-order chi connectivity index (χ0) is 19.1. The summed E-state index contributed by atoms with van der Waals surface area (Å²) in [5.41, 5.74) is 1.78. The van der Waals surface area contributed by atoms with Gasteiger partial charge in [-0.3, -0.25) is 9.59 Å². The summed E-state index contributed by atoms with van der Waals surface area (Å²) in [6.45, 7) is 4.22. The van der Waals surface area contributed by atoms with E-state index < -0.39 is 11.9 Å². The molecule has 1 aromatic carbocycles. The van der Waals surface area contributed by atoms with Crippen molar-refractivity contribution in [3.05, 3.63) is 29.8 Å². The Bertz CT molecular complexity index is 632. The highest BCUT2D eigenvalue weighted by Gasteiger charge is 2.30. The molecule has 6 heteroatoms. The summed E-state index contributed by atoms with van der Waals surface area (Å²) in [6, 6.07) is 7.55. The van der Waals surface area contributed by atoms with Gasteiger partial charge in [0.1, 0.15) is 0 Å². The Morgan fingerprint density at radius 1 is 1.12 bits per heavy atom. The Hall–Kier alpha value is -2.37. The van der Waals surface area contributed by atoms with Crippen LogP contribution in [-0.4, -0.2) is 31.6 Å². The number of anilines is 1. The van der Waals surface area contributed by atoms with Gasteiger partial charge in [0.15, 0.2) is 0 Å². The number of nitrogens with one attached hydrogen (secondary N) is 1. The quantitative estimate of drug-likeness (QED) is 0.643. The molecule has 0 aliphatic heterocycles. The van der Waals surface area contributed by atoms with Gasteiger partial charge in [-0.2, -0.15) is 0 Å². The number of methoxy groups -OCH3 is 1. The first-order valence-electron chi connectivity index (χ1n) is 9.12. The molecule has 1 N–H and O–H groups in total. The van der Waals surface area contributed by atoms with E-state index in [9.17, 15) is 14.4 Å². The first kappa shape index (κ1) is 19.9. The van der Waals surface area contributed by atoms with Crippen molar-refractivity contribution in [2.75, 3.05) is 19.0 Å². The van der Waals surface area contributed by atoms with E-state index in [0.29, 0.717) is 24.1 Å². The zero-order valence-corrected chi connectivity index (χ0v) is 15.6. The van der Waals surface area contributed by atoms with Crippen LogP contribution < -0.4 is 5.32 Å². The third-order valence-corrected chi connectivity index (χ3v) is 5.15. The second kappa shape index (κ2) is 9.36. The van der Waals surface area contributed by atoms with E-state index in [1.54, 1.807) is 12.1 Å². The third-order valence-electron chi connectivity index (χ3n) is 5.15. The molecule has 0 heterocycles. The van der Waals surface area contributed by atoms with Gasteiger partial charge in [-0.25, -0.2) is 4.79 Å². The summed E-state index contributed by atoms with van der Waals surface area (Å²) >= 11 is 0. The number of hydrogen-bond donors (Lipinski definition) is 1. The number of ether oxygens (including phenoxy) is 2. The van der Waals surface area contributed by atoms with Crippen molar-refractivity contribution in [2.45, 2.75) is 45.4 Å². The van der Waals surface area contributed by atoms with Gasteiger partial charge in [-0.05, 0) is 62.1 Å². The van der Waals surface area contributed by atoms with Crippen LogP contribution in [0.2, 0.25) is 0 Å². The Balaban J connectivity index is 1.88. The van der Waals surface area contributed by atoms with E-state index in [0.717, 1.165) is 25.7 Å². The van der Waals surface area contributed by atoms with Crippen LogP contribution in [0.25, 0.3) is 0 Å². The van der Waals surface area contributed by atoms with Crippen molar-refractivity contribution in [3.8, 4) is 0 Å². The summed E-state index contributed by atoms with van der Waals surface area (Å²) in [7, 11) is 1.17. The van der Waals surface area contributed by atoms with Gasteiger partial charge in [0.2, 0.25) is 0 Å². The summed E-state index contributed by atoms with van der Waals surface area (Å²) < 4.78 is 9.51. The molecule has 0 spiro atoms. The van der Waals surface area contributed by atoms with Crippen molar-refractivity contribution in [2.24, 2.45) is 11.8 Å². The van der Waals surface area contributed by atoms with Gasteiger partial charge >= 0.3 is 17.8 Å². The minimum atomic E-state index is -0.914. The Kier molecular flexibility index (Phi) is 7.18. The topological polar surface area (TPSA) is 81.7 Å². The molecule has 1 aromatic rings. The van der Waals surface area contributed by atoms with Gasteiger partial charge in [0, 0.05) is 5.69 Å². The first-order valence-corrected chi connectivity index (χ1v) is 9.12. The van der Waals surface area contributed by atoms with Crippen LogP contribution >= 0.6 is 0 Å². The van der Waals surface area contributed by atoms with Gasteiger partial charge in [0.25, 0.3) is 0 Å². The summed E-state index contributed by atoms with van der Waals surface area (Å²) in [5, 5.41) is 2.50. The van der Waals surface area contributed by atoms with Crippen LogP contribution in [-0.2, 0) is 23.9 Å². The first-order chi connectivity index (χ1) is 12.5. The summed E-state index contributed by atoms with van der Waals surface area (Å²) in [4.78, 5) is 34.5. The highest BCUT2D eigenvalue weighted by atomic mass is 16.5. The van der Waals surface area contributed by atoms with Crippen LogP contribution in [0, 0.1) is 11.8 Å². The molecular weight excluding hydrogens is 334 g/mol. The summed E-state index contributed by atoms with van der Waals surface area (Å²) in [6.07, 6.45) is 4.07. The molecule has 1 aliphatic rings. The molecule has 1 amide bonds. The van der Waals surface area contributed by atoms with E-state index in [1.165, 1.54) is 12.7 Å². The monoisotopic (exact) mass is 361 g/mol. The highest BCUT2D eigenvalue weighted by molar-refractivity contribution is 6.37. The van der Waals surface area contributed by atoms with E-state index >= 15 is 0 Å². The molecule has 1 unspecified atom stereocenters. The molecule has 0 aromatic heterocycles. The van der Waals surface area contributed by atoms with Crippen LogP contribution in [0.4, 0.5) is 5.69 Å². The van der Waals surface area contributed by atoms with Gasteiger partial charge in [-0.15, -0.1) is 0 Å². The SMILES string of the molecule is CCOC(=O)C(C)[C@H]1CC[C@H](c2ccc(NC(=O)C(=O)OC)cc2)CC1. The highest BCUT2D eigenvalue weighted by Crippen LogP contribution is 2.39. The molecule has 2 rings (SSSR count). The standard InChI is InChI=1S/C20H27NO5/c1-4-26-19(23)13(2)14-5-7-15(8-6-14)16-9-11-17(12-10-16)21-18(22)20(24)25-3/h9-15H,4-8H2,1-3H3,(H,21,22)/t13?,14-,15-. The molecule has 1 atom stereocenters. The molecule has 6 nitrogen and oxygen atoms in total. The van der Waals surface area contributed by atoms with Gasteiger partial charge in [0.05, 0.1) is 19.6 Å². The molecule has 1 aliphatic carbocycles. The number of carbonyl (C=O) groups is 3. The lowest BCUT2D eigenvalue weighted by Crippen LogP contribution is -2.26. The van der Waals surface area contributed by atoms with Crippen LogP contribution in [0.5, 0.6) is 0 Å². The minimum Gasteiger partial charge on any atom is -0.466 e. The maximum atomic E-state index is 11.9. The number of carbonyl (C=O) groups excluding carboxylic acids is 3. The van der Waals surface area contributed by atoms with Crippen molar-refractivity contribution in [1.82, 2.24) is 0 Å². The maximum absolute atomic E-state index is 11.9. The van der Waals surface area contributed by atoms with Gasteiger partial charge in [-0.1, -0.05) is 19.1 Å². The lowest BCUT2D eigenvalue weighted by atomic mass is 9.74. The fourth-order valence-electron chi connectivity index (χ4n) is 3.53. The fourth-order valence-corrected chi connectivity index (χ4v) is 3.53. The van der Waals surface area contributed by atoms with Crippen molar-refractivity contribution < 1.29 is 23.9 Å². The lowest BCUT2D eigenvalue weighted by Gasteiger charge is -2.31. The number of benzene rings is 1. The van der Waals surface area contributed by atoms with Crippen LogP contribution in [0.3, 0.4) is 0 Å². The maximum Gasteiger partial charge on any atom is 0.396 e. The Morgan fingerprint density at radius 2 is 1.73 bits per heavy atom. The predicted molar refractivity (Wildman–Crippen MR) is 97.6 cm³/mol. The smallest absolute Gasteiger partial charge is 0.396 e. The van der Waals surface area contributed by atoms with Crippen molar-refractivity contribution >= 4 is 23.5 Å².